The second kappa shape index (κ2) is 6.10. The van der Waals surface area contributed by atoms with E-state index < -0.39 is 4.92 Å². The van der Waals surface area contributed by atoms with Gasteiger partial charge in [0.05, 0.1) is 17.1 Å². The molecule has 0 aliphatic rings. The summed E-state index contributed by atoms with van der Waals surface area (Å²) in [5, 5.41) is 25.9. The van der Waals surface area contributed by atoms with E-state index in [2.05, 4.69) is 0 Å². The molecule has 0 aromatic heterocycles. The number of aliphatic hydroxyl groups is 2. The minimum atomic E-state index is -0.508. The number of hydrogen-bond acceptors (Lipinski definition) is 4. The number of rotatable bonds is 2. The van der Waals surface area contributed by atoms with Gasteiger partial charge in [0.15, 0.2) is 0 Å². The van der Waals surface area contributed by atoms with E-state index >= 15 is 0 Å². The van der Waals surface area contributed by atoms with Crippen molar-refractivity contribution in [1.82, 2.24) is 0 Å². The molecule has 2 N–H and O–H groups in total. The standard InChI is InChI=1S/C7H7NO3.CH4O/c9-5-6-3-1-2-4-7(6)8(10)11;1-2/h1-4,9H,5H2;2H,1H3. The number of nitro groups is 1. The second-order valence-corrected chi connectivity index (χ2v) is 2.04. The Morgan fingerprint density at radius 3 is 2.31 bits per heavy atom. The molecule has 0 atom stereocenters. The summed E-state index contributed by atoms with van der Waals surface area (Å²) in [5.41, 5.74) is 0.313. The zero-order valence-electron chi connectivity index (χ0n) is 7.17. The molecule has 0 radical (unpaired) electrons. The number of aliphatic hydroxyl groups excluding tert-OH is 2. The first-order valence-corrected chi connectivity index (χ1v) is 3.53. The van der Waals surface area contributed by atoms with Gasteiger partial charge in [0.2, 0.25) is 0 Å². The predicted molar refractivity (Wildman–Crippen MR) is 47.2 cm³/mol. The molecule has 0 unspecified atom stereocenters. The van der Waals surface area contributed by atoms with Crippen molar-refractivity contribution in [3.63, 3.8) is 0 Å². The van der Waals surface area contributed by atoms with Gasteiger partial charge in [-0.15, -0.1) is 0 Å². The van der Waals surface area contributed by atoms with E-state index in [1.807, 2.05) is 0 Å². The van der Waals surface area contributed by atoms with Gasteiger partial charge in [0.25, 0.3) is 5.69 Å². The molecule has 5 heteroatoms. The SMILES string of the molecule is CO.O=[N+]([O-])c1ccccc1CO. The van der Waals surface area contributed by atoms with Gasteiger partial charge in [-0.3, -0.25) is 10.1 Å². The summed E-state index contributed by atoms with van der Waals surface area (Å²) in [6.07, 6.45) is 0. The number of nitrogens with zero attached hydrogens (tertiary/aromatic N) is 1. The number of benzene rings is 1. The Morgan fingerprint density at radius 2 is 1.92 bits per heavy atom. The van der Waals surface area contributed by atoms with Crippen LogP contribution < -0.4 is 0 Å². The lowest BCUT2D eigenvalue weighted by Crippen LogP contribution is -1.93. The van der Waals surface area contributed by atoms with Crippen molar-refractivity contribution in [1.29, 1.82) is 0 Å². The average molecular weight is 185 g/mol. The van der Waals surface area contributed by atoms with E-state index in [4.69, 9.17) is 10.2 Å². The summed E-state index contributed by atoms with van der Waals surface area (Å²) in [4.78, 5) is 9.77. The van der Waals surface area contributed by atoms with Gasteiger partial charge in [-0.05, 0) is 6.07 Å². The normalized spacial score (nSPS) is 8.54. The molecule has 1 aromatic carbocycles. The molecule has 0 saturated heterocycles. The maximum absolute atomic E-state index is 10.3. The van der Waals surface area contributed by atoms with Crippen LogP contribution >= 0.6 is 0 Å². The molecule has 0 amide bonds. The van der Waals surface area contributed by atoms with Crippen molar-refractivity contribution >= 4 is 5.69 Å². The van der Waals surface area contributed by atoms with Crippen LogP contribution in [0.3, 0.4) is 0 Å². The lowest BCUT2D eigenvalue weighted by molar-refractivity contribution is -0.385. The molecule has 0 fully saturated rings. The molecule has 13 heavy (non-hydrogen) atoms. The molecule has 72 valence electrons. The van der Waals surface area contributed by atoms with Crippen molar-refractivity contribution in [2.75, 3.05) is 7.11 Å². The Labute approximate surface area is 75.4 Å². The first kappa shape index (κ1) is 11.5. The van der Waals surface area contributed by atoms with E-state index in [1.54, 1.807) is 12.1 Å². The van der Waals surface area contributed by atoms with Crippen molar-refractivity contribution in [2.24, 2.45) is 0 Å². The Morgan fingerprint density at radius 1 is 1.38 bits per heavy atom. The summed E-state index contributed by atoms with van der Waals surface area (Å²) >= 11 is 0. The van der Waals surface area contributed by atoms with Crippen LogP contribution in [0.1, 0.15) is 5.56 Å². The third-order valence-electron chi connectivity index (χ3n) is 1.36. The quantitative estimate of drug-likeness (QED) is 0.524. The summed E-state index contributed by atoms with van der Waals surface area (Å²) < 4.78 is 0. The number of para-hydroxylation sites is 1. The second-order valence-electron chi connectivity index (χ2n) is 2.04. The molecular weight excluding hydrogens is 174 g/mol. The third kappa shape index (κ3) is 3.18. The minimum absolute atomic E-state index is 0.0324. The maximum atomic E-state index is 10.3. The minimum Gasteiger partial charge on any atom is -0.400 e. The van der Waals surface area contributed by atoms with Crippen molar-refractivity contribution < 1.29 is 15.1 Å². The lowest BCUT2D eigenvalue weighted by Gasteiger charge is -1.96. The van der Waals surface area contributed by atoms with Crippen LogP contribution in [0.15, 0.2) is 24.3 Å². The summed E-state index contributed by atoms with van der Waals surface area (Å²) in [5.74, 6) is 0. The van der Waals surface area contributed by atoms with Crippen LogP contribution in [-0.2, 0) is 6.61 Å². The Balaban J connectivity index is 0.000000671. The van der Waals surface area contributed by atoms with Gasteiger partial charge >= 0.3 is 0 Å². The molecule has 1 aromatic rings. The smallest absolute Gasteiger partial charge is 0.274 e. The van der Waals surface area contributed by atoms with Gasteiger partial charge in [-0.2, -0.15) is 0 Å². The maximum Gasteiger partial charge on any atom is 0.274 e. The van der Waals surface area contributed by atoms with Gasteiger partial charge < -0.3 is 10.2 Å². The van der Waals surface area contributed by atoms with Crippen molar-refractivity contribution in [2.45, 2.75) is 6.61 Å². The molecule has 0 heterocycles. The Kier molecular flexibility index (Phi) is 5.42. The lowest BCUT2D eigenvalue weighted by atomic mass is 10.2. The van der Waals surface area contributed by atoms with E-state index in [-0.39, 0.29) is 12.3 Å². The van der Waals surface area contributed by atoms with Crippen LogP contribution in [-0.4, -0.2) is 22.2 Å². The monoisotopic (exact) mass is 185 g/mol. The number of nitro benzene ring substituents is 1. The molecule has 0 saturated carbocycles. The summed E-state index contributed by atoms with van der Waals surface area (Å²) in [6.45, 7) is -0.294. The molecule has 1 rings (SSSR count). The predicted octanol–water partition coefficient (Wildman–Crippen LogP) is 0.696. The first-order valence-electron chi connectivity index (χ1n) is 3.53. The zero-order chi connectivity index (χ0) is 10.3. The first-order chi connectivity index (χ1) is 6.25. The fourth-order valence-corrected chi connectivity index (χ4v) is 0.823. The van der Waals surface area contributed by atoms with E-state index in [1.165, 1.54) is 12.1 Å². The number of hydrogen-bond donors (Lipinski definition) is 2. The Bertz CT molecular complexity index is 275. The highest BCUT2D eigenvalue weighted by Crippen LogP contribution is 2.16. The van der Waals surface area contributed by atoms with Crippen molar-refractivity contribution in [3.8, 4) is 0 Å². The van der Waals surface area contributed by atoms with Crippen LogP contribution in [0, 0.1) is 10.1 Å². The van der Waals surface area contributed by atoms with E-state index in [9.17, 15) is 10.1 Å². The topological polar surface area (TPSA) is 83.6 Å². The van der Waals surface area contributed by atoms with Gasteiger partial charge in [-0.25, -0.2) is 0 Å². The fraction of sp³-hybridized carbons (Fsp3) is 0.250. The van der Waals surface area contributed by atoms with Gasteiger partial charge in [0.1, 0.15) is 0 Å². The molecular formula is C8H11NO4. The van der Waals surface area contributed by atoms with Crippen LogP contribution in [0.25, 0.3) is 0 Å². The third-order valence-corrected chi connectivity index (χ3v) is 1.36. The van der Waals surface area contributed by atoms with Crippen LogP contribution in [0.2, 0.25) is 0 Å². The van der Waals surface area contributed by atoms with E-state index in [0.29, 0.717) is 5.56 Å². The molecule has 0 aliphatic carbocycles. The van der Waals surface area contributed by atoms with E-state index in [0.717, 1.165) is 7.11 Å². The zero-order valence-corrected chi connectivity index (χ0v) is 7.17. The van der Waals surface area contributed by atoms with Crippen LogP contribution in [0.5, 0.6) is 0 Å². The van der Waals surface area contributed by atoms with Crippen LogP contribution in [0.4, 0.5) is 5.69 Å². The summed E-state index contributed by atoms with van der Waals surface area (Å²) in [6, 6.07) is 6.11. The highest BCUT2D eigenvalue weighted by atomic mass is 16.6. The van der Waals surface area contributed by atoms with Crippen molar-refractivity contribution in [3.05, 3.63) is 39.9 Å². The average Bonchev–Trinajstić information content (AvgIpc) is 2.20. The molecule has 0 spiro atoms. The highest BCUT2D eigenvalue weighted by Gasteiger charge is 2.09. The highest BCUT2D eigenvalue weighted by molar-refractivity contribution is 5.38. The largest absolute Gasteiger partial charge is 0.400 e. The van der Waals surface area contributed by atoms with Gasteiger partial charge in [-0.1, -0.05) is 12.1 Å². The Hall–Kier alpha value is -1.46. The molecule has 0 bridgehead atoms. The summed E-state index contributed by atoms with van der Waals surface area (Å²) in [7, 11) is 1.00. The van der Waals surface area contributed by atoms with Gasteiger partial charge in [0, 0.05) is 13.2 Å². The molecule has 5 nitrogen and oxygen atoms in total. The molecule has 0 aliphatic heterocycles. The fourth-order valence-electron chi connectivity index (χ4n) is 0.823.